The quantitative estimate of drug-likeness (QED) is 0.211. The number of ketones is 2. The van der Waals surface area contributed by atoms with Crippen molar-refractivity contribution >= 4 is 34.2 Å². The minimum absolute atomic E-state index is 0.0343. The van der Waals surface area contributed by atoms with E-state index in [9.17, 15) is 9.59 Å². The number of hydrogen-bond acceptors (Lipinski definition) is 4. The Bertz CT molecular complexity index is 1800. The van der Waals surface area contributed by atoms with E-state index in [0.29, 0.717) is 11.1 Å². The van der Waals surface area contributed by atoms with Gasteiger partial charge in [-0.25, -0.2) is 0 Å². The Morgan fingerprint density at radius 1 is 0.462 bits per heavy atom. The van der Waals surface area contributed by atoms with Crippen molar-refractivity contribution in [1.82, 2.24) is 0 Å². The molecule has 2 nitrogen and oxygen atoms in total. The summed E-state index contributed by atoms with van der Waals surface area (Å²) in [7, 11) is 0. The van der Waals surface area contributed by atoms with Gasteiger partial charge in [-0.05, 0) is 79.5 Å². The average molecular weight is 537 g/mol. The first-order valence-electron chi connectivity index (χ1n) is 12.8. The predicted molar refractivity (Wildman–Crippen MR) is 158 cm³/mol. The van der Waals surface area contributed by atoms with Gasteiger partial charge in [0.15, 0.2) is 0 Å². The summed E-state index contributed by atoms with van der Waals surface area (Å²) in [6.07, 6.45) is 0. The Morgan fingerprint density at radius 2 is 0.897 bits per heavy atom. The standard InChI is InChI=1S/C35H20O2S2/c36-33(31-11-5-17-38-31)21-13-15-25-23-7-1-3-9-27(23)35(29(25)19-21)28-10-4-2-8-24(28)26-16-14-22(20-30(26)35)34(37)32-12-6-18-39-32/h1-20H. The monoisotopic (exact) mass is 536 g/mol. The zero-order valence-corrected chi connectivity index (χ0v) is 22.3. The molecule has 4 aromatic carbocycles. The van der Waals surface area contributed by atoms with Crippen LogP contribution in [0.1, 0.15) is 52.7 Å². The van der Waals surface area contributed by atoms with E-state index >= 15 is 0 Å². The number of fused-ring (bicyclic) bond motifs is 10. The minimum Gasteiger partial charge on any atom is -0.288 e. The second-order valence-corrected chi connectivity index (χ2v) is 11.9. The van der Waals surface area contributed by atoms with Crippen LogP contribution in [0.25, 0.3) is 22.3 Å². The van der Waals surface area contributed by atoms with E-state index in [1.165, 1.54) is 44.9 Å². The lowest BCUT2D eigenvalue weighted by Crippen LogP contribution is -2.26. The van der Waals surface area contributed by atoms with Gasteiger partial charge in [0.1, 0.15) is 0 Å². The first kappa shape index (κ1) is 22.6. The van der Waals surface area contributed by atoms with Crippen molar-refractivity contribution < 1.29 is 9.59 Å². The molecule has 2 aromatic heterocycles. The summed E-state index contributed by atoms with van der Waals surface area (Å²) in [4.78, 5) is 28.5. The van der Waals surface area contributed by atoms with Crippen LogP contribution < -0.4 is 0 Å². The van der Waals surface area contributed by atoms with Crippen LogP contribution in [0.4, 0.5) is 0 Å². The predicted octanol–water partition coefficient (Wildman–Crippen LogP) is 8.62. The maximum absolute atomic E-state index is 13.5. The van der Waals surface area contributed by atoms with Crippen molar-refractivity contribution in [2.75, 3.05) is 0 Å². The van der Waals surface area contributed by atoms with Crippen LogP contribution >= 0.6 is 22.7 Å². The topological polar surface area (TPSA) is 34.1 Å². The summed E-state index contributed by atoms with van der Waals surface area (Å²) in [5, 5.41) is 3.88. The molecule has 0 fully saturated rings. The molecule has 184 valence electrons. The van der Waals surface area contributed by atoms with Gasteiger partial charge in [0.25, 0.3) is 0 Å². The Morgan fingerprint density at radius 3 is 1.33 bits per heavy atom. The molecule has 2 heterocycles. The van der Waals surface area contributed by atoms with Gasteiger partial charge in [-0.3, -0.25) is 9.59 Å². The number of thiophene rings is 2. The van der Waals surface area contributed by atoms with Crippen LogP contribution in [0.5, 0.6) is 0 Å². The third-order valence-electron chi connectivity index (χ3n) is 8.10. The van der Waals surface area contributed by atoms with Crippen molar-refractivity contribution in [2.24, 2.45) is 0 Å². The fraction of sp³-hybridized carbons (Fsp3) is 0.0286. The van der Waals surface area contributed by atoms with E-state index in [1.54, 1.807) is 0 Å². The maximum atomic E-state index is 13.5. The average Bonchev–Trinajstić information content (AvgIpc) is 3.80. The van der Waals surface area contributed by atoms with E-state index in [-0.39, 0.29) is 11.6 Å². The normalized spacial score (nSPS) is 13.5. The molecule has 0 radical (unpaired) electrons. The van der Waals surface area contributed by atoms with Crippen LogP contribution in [-0.4, -0.2) is 11.6 Å². The third-order valence-corrected chi connectivity index (χ3v) is 9.84. The van der Waals surface area contributed by atoms with Crippen molar-refractivity contribution in [1.29, 1.82) is 0 Å². The first-order chi connectivity index (χ1) is 19.2. The van der Waals surface area contributed by atoms with Crippen LogP contribution in [0.15, 0.2) is 120 Å². The summed E-state index contributed by atoms with van der Waals surface area (Å²) in [5.74, 6) is 0.0686. The van der Waals surface area contributed by atoms with Crippen LogP contribution in [0, 0.1) is 0 Å². The second kappa shape index (κ2) is 8.31. The molecule has 0 aliphatic heterocycles. The highest BCUT2D eigenvalue weighted by Crippen LogP contribution is 2.63. The first-order valence-corrected chi connectivity index (χ1v) is 14.6. The zero-order chi connectivity index (χ0) is 26.1. The van der Waals surface area contributed by atoms with Gasteiger partial charge in [0, 0.05) is 11.1 Å². The molecule has 8 rings (SSSR count). The smallest absolute Gasteiger partial charge is 0.202 e. The molecule has 0 unspecified atom stereocenters. The summed E-state index contributed by atoms with van der Waals surface area (Å²) < 4.78 is 0. The summed E-state index contributed by atoms with van der Waals surface area (Å²) in [6, 6.07) is 37.0. The lowest BCUT2D eigenvalue weighted by atomic mass is 9.70. The van der Waals surface area contributed by atoms with Crippen LogP contribution in [0.3, 0.4) is 0 Å². The highest BCUT2D eigenvalue weighted by Gasteiger charge is 2.52. The number of rotatable bonds is 4. The molecule has 0 saturated carbocycles. The molecule has 0 amide bonds. The lowest BCUT2D eigenvalue weighted by molar-refractivity contribution is 0.103. The zero-order valence-electron chi connectivity index (χ0n) is 20.7. The Balaban J connectivity index is 1.44. The number of carbonyl (C=O) groups excluding carboxylic acids is 2. The second-order valence-electron chi connectivity index (χ2n) is 9.97. The molecule has 6 aromatic rings. The third kappa shape index (κ3) is 3.01. The highest BCUT2D eigenvalue weighted by atomic mass is 32.1. The molecule has 0 atom stereocenters. The maximum Gasteiger partial charge on any atom is 0.202 e. The minimum atomic E-state index is -0.616. The van der Waals surface area contributed by atoms with E-state index in [0.717, 1.165) is 32.0 Å². The van der Waals surface area contributed by atoms with E-state index in [2.05, 4.69) is 72.8 Å². The van der Waals surface area contributed by atoms with Gasteiger partial charge in [0.05, 0.1) is 15.2 Å². The highest BCUT2D eigenvalue weighted by molar-refractivity contribution is 7.12. The van der Waals surface area contributed by atoms with E-state index in [1.807, 2.05) is 47.2 Å². The molecule has 1 spiro atoms. The largest absolute Gasteiger partial charge is 0.288 e. The summed E-state index contributed by atoms with van der Waals surface area (Å²) in [6.45, 7) is 0. The van der Waals surface area contributed by atoms with Gasteiger partial charge in [-0.15, -0.1) is 22.7 Å². The molecule has 0 N–H and O–H groups in total. The van der Waals surface area contributed by atoms with Gasteiger partial charge >= 0.3 is 0 Å². The molecule has 2 aliphatic carbocycles. The van der Waals surface area contributed by atoms with Gasteiger partial charge < -0.3 is 0 Å². The molecule has 4 heteroatoms. The van der Waals surface area contributed by atoms with Crippen LogP contribution in [-0.2, 0) is 5.41 Å². The van der Waals surface area contributed by atoms with E-state index in [4.69, 9.17) is 0 Å². The molecule has 0 bridgehead atoms. The summed E-state index contributed by atoms with van der Waals surface area (Å²) >= 11 is 2.93. The Hall–Kier alpha value is -4.38. The van der Waals surface area contributed by atoms with Crippen molar-refractivity contribution in [3.63, 3.8) is 0 Å². The van der Waals surface area contributed by atoms with E-state index < -0.39 is 5.41 Å². The molecule has 2 aliphatic rings. The number of benzene rings is 4. The van der Waals surface area contributed by atoms with Gasteiger partial charge in [-0.1, -0.05) is 84.9 Å². The molecule has 0 saturated heterocycles. The van der Waals surface area contributed by atoms with Crippen LogP contribution in [0.2, 0.25) is 0 Å². The fourth-order valence-electron chi connectivity index (χ4n) is 6.52. The Labute approximate surface area is 233 Å². The molecular weight excluding hydrogens is 517 g/mol. The van der Waals surface area contributed by atoms with Crippen molar-refractivity contribution in [2.45, 2.75) is 5.41 Å². The SMILES string of the molecule is O=C(c1ccc2c(c1)C1(c3ccccc3-2)c2ccccc2-c2ccc(C(=O)c3cccs3)cc21)c1cccs1. The van der Waals surface area contributed by atoms with Gasteiger partial charge in [-0.2, -0.15) is 0 Å². The molecule has 39 heavy (non-hydrogen) atoms. The van der Waals surface area contributed by atoms with Crippen molar-refractivity contribution in [3.8, 4) is 22.3 Å². The number of carbonyl (C=O) groups is 2. The molecular formula is C35H20O2S2. The summed E-state index contributed by atoms with van der Waals surface area (Å²) in [5.41, 5.74) is 9.91. The van der Waals surface area contributed by atoms with Gasteiger partial charge in [0.2, 0.25) is 11.6 Å². The Kier molecular flexibility index (Phi) is 4.81. The fourth-order valence-corrected chi connectivity index (χ4v) is 7.89. The number of hydrogen-bond donors (Lipinski definition) is 0. The van der Waals surface area contributed by atoms with Crippen molar-refractivity contribution in [3.05, 3.63) is 163 Å². The lowest BCUT2D eigenvalue weighted by Gasteiger charge is -2.31.